The van der Waals surface area contributed by atoms with Gasteiger partial charge in [0.1, 0.15) is 5.69 Å². The van der Waals surface area contributed by atoms with Gasteiger partial charge in [-0.3, -0.25) is 14.3 Å². The third kappa shape index (κ3) is 3.09. The number of nitrogens with zero attached hydrogens (tertiary/aromatic N) is 2. The normalized spacial score (nSPS) is 11.3. The summed E-state index contributed by atoms with van der Waals surface area (Å²) < 4.78 is 1.60. The van der Waals surface area contributed by atoms with Crippen molar-refractivity contribution in [3.8, 4) is 0 Å². The zero-order chi connectivity index (χ0) is 13.9. The molecule has 0 fully saturated rings. The fourth-order valence-electron chi connectivity index (χ4n) is 1.44. The second kappa shape index (κ2) is 5.20. The molecule has 6 heteroatoms. The van der Waals surface area contributed by atoms with Crippen LogP contribution < -0.4 is 5.32 Å². The topological polar surface area (TPSA) is 84.2 Å². The average molecular weight is 253 g/mol. The number of carbonyl (C=O) groups excluding carboxylic acids is 1. The van der Waals surface area contributed by atoms with Crippen molar-refractivity contribution in [3.63, 3.8) is 0 Å². The molecule has 6 nitrogen and oxygen atoms in total. The number of aromatic nitrogens is 2. The maximum atomic E-state index is 11.9. The Bertz CT molecular complexity index is 463. The molecule has 2 N–H and O–H groups in total. The molecule has 0 saturated carbocycles. The molecule has 0 radical (unpaired) electrons. The van der Waals surface area contributed by atoms with E-state index in [1.165, 1.54) is 0 Å². The summed E-state index contributed by atoms with van der Waals surface area (Å²) in [6.45, 7) is 7.51. The van der Waals surface area contributed by atoms with Crippen LogP contribution in [0.25, 0.3) is 0 Å². The van der Waals surface area contributed by atoms with Crippen molar-refractivity contribution in [1.82, 2.24) is 15.1 Å². The van der Waals surface area contributed by atoms with Crippen LogP contribution in [-0.4, -0.2) is 33.3 Å². The molecule has 0 aliphatic heterocycles. The average Bonchev–Trinajstić information content (AvgIpc) is 2.67. The summed E-state index contributed by atoms with van der Waals surface area (Å²) in [6.07, 6.45) is 0. The van der Waals surface area contributed by atoms with Gasteiger partial charge in [0.25, 0.3) is 5.91 Å². The number of carboxylic acid groups (broad SMARTS) is 1. The lowest BCUT2D eigenvalue weighted by Crippen LogP contribution is -2.39. The van der Waals surface area contributed by atoms with Crippen LogP contribution in [-0.2, 0) is 11.3 Å². The molecule has 0 aromatic carbocycles. The predicted octanol–water partition coefficient (Wildman–Crippen LogP) is 1.05. The first-order valence-corrected chi connectivity index (χ1v) is 5.84. The van der Waals surface area contributed by atoms with Crippen molar-refractivity contribution < 1.29 is 14.7 Å². The lowest BCUT2D eigenvalue weighted by molar-refractivity contribution is -0.146. The Balaban J connectivity index is 2.74. The van der Waals surface area contributed by atoms with Gasteiger partial charge in [-0.1, -0.05) is 0 Å². The minimum atomic E-state index is -0.984. The molecule has 0 bridgehead atoms. The van der Waals surface area contributed by atoms with E-state index in [0.29, 0.717) is 12.2 Å². The minimum Gasteiger partial charge on any atom is -0.481 e. The summed E-state index contributed by atoms with van der Waals surface area (Å²) in [5.74, 6) is -1.24. The number of nitrogens with one attached hydrogen (secondary N) is 1. The van der Waals surface area contributed by atoms with Gasteiger partial charge in [-0.05, 0) is 33.8 Å². The maximum Gasteiger partial charge on any atom is 0.310 e. The number of amides is 1. The molecule has 0 unspecified atom stereocenters. The van der Waals surface area contributed by atoms with Crippen LogP contribution in [0.15, 0.2) is 6.07 Å². The van der Waals surface area contributed by atoms with Gasteiger partial charge in [0.05, 0.1) is 11.1 Å². The number of rotatable bonds is 5. The van der Waals surface area contributed by atoms with Crippen LogP contribution in [0, 0.1) is 12.3 Å². The largest absolute Gasteiger partial charge is 0.481 e. The van der Waals surface area contributed by atoms with E-state index in [1.54, 1.807) is 24.6 Å². The monoisotopic (exact) mass is 253 g/mol. The smallest absolute Gasteiger partial charge is 0.310 e. The molecule has 0 aliphatic rings. The maximum absolute atomic E-state index is 11.9. The summed E-state index contributed by atoms with van der Waals surface area (Å²) in [4.78, 5) is 22.9. The van der Waals surface area contributed by atoms with Gasteiger partial charge < -0.3 is 10.4 Å². The van der Waals surface area contributed by atoms with Gasteiger partial charge in [-0.2, -0.15) is 5.10 Å². The first-order valence-electron chi connectivity index (χ1n) is 5.84. The van der Waals surface area contributed by atoms with Crippen molar-refractivity contribution in [2.75, 3.05) is 6.54 Å². The quantitative estimate of drug-likeness (QED) is 0.821. The van der Waals surface area contributed by atoms with Crippen molar-refractivity contribution in [2.45, 2.75) is 34.2 Å². The van der Waals surface area contributed by atoms with Crippen molar-refractivity contribution >= 4 is 11.9 Å². The summed E-state index contributed by atoms with van der Waals surface area (Å²) in [7, 11) is 0. The van der Waals surface area contributed by atoms with E-state index >= 15 is 0 Å². The molecule has 0 saturated heterocycles. The van der Waals surface area contributed by atoms with E-state index in [-0.39, 0.29) is 12.5 Å². The second-order valence-electron chi connectivity index (χ2n) is 4.86. The molecular weight excluding hydrogens is 234 g/mol. The van der Waals surface area contributed by atoms with Crippen LogP contribution in [0.3, 0.4) is 0 Å². The molecule has 0 spiro atoms. The Kier molecular flexibility index (Phi) is 4.11. The molecule has 0 aliphatic carbocycles. The highest BCUT2D eigenvalue weighted by molar-refractivity contribution is 5.93. The standard InChI is InChI=1S/C12H19N3O3/c1-5-15-9(6-8(2)14-15)10(16)13-7-12(3,4)11(17)18/h6H,5,7H2,1-4H3,(H,13,16)(H,17,18). The van der Waals surface area contributed by atoms with Crippen molar-refractivity contribution in [2.24, 2.45) is 5.41 Å². The number of carbonyl (C=O) groups is 2. The third-order valence-electron chi connectivity index (χ3n) is 2.70. The molecule has 1 amide bonds. The van der Waals surface area contributed by atoms with Crippen LogP contribution in [0.5, 0.6) is 0 Å². The zero-order valence-electron chi connectivity index (χ0n) is 11.1. The number of hydrogen-bond donors (Lipinski definition) is 2. The van der Waals surface area contributed by atoms with E-state index in [2.05, 4.69) is 10.4 Å². The molecule has 1 rings (SSSR count). The second-order valence-corrected chi connectivity index (χ2v) is 4.86. The first-order chi connectivity index (χ1) is 8.27. The van der Waals surface area contributed by atoms with Gasteiger partial charge in [-0.25, -0.2) is 0 Å². The van der Waals surface area contributed by atoms with Crippen molar-refractivity contribution in [1.29, 1.82) is 0 Å². The Hall–Kier alpha value is -1.85. The fraction of sp³-hybridized carbons (Fsp3) is 0.583. The molecule has 0 atom stereocenters. The van der Waals surface area contributed by atoms with E-state index in [4.69, 9.17) is 5.11 Å². The highest BCUT2D eigenvalue weighted by Gasteiger charge is 2.28. The molecule has 1 aromatic heterocycles. The van der Waals surface area contributed by atoms with Gasteiger partial charge in [-0.15, -0.1) is 0 Å². The van der Waals surface area contributed by atoms with E-state index < -0.39 is 11.4 Å². The summed E-state index contributed by atoms with van der Waals surface area (Å²) in [5.41, 5.74) is 0.234. The van der Waals surface area contributed by atoms with E-state index in [0.717, 1.165) is 5.69 Å². The van der Waals surface area contributed by atoms with Crippen LogP contribution >= 0.6 is 0 Å². The number of carboxylic acids is 1. The SMILES string of the molecule is CCn1nc(C)cc1C(=O)NCC(C)(C)C(=O)O. The molecular formula is C12H19N3O3. The summed E-state index contributed by atoms with van der Waals surface area (Å²) >= 11 is 0. The molecule has 100 valence electrons. The molecule has 1 aromatic rings. The Morgan fingerprint density at radius 3 is 2.61 bits per heavy atom. The Morgan fingerprint density at radius 2 is 2.11 bits per heavy atom. The Morgan fingerprint density at radius 1 is 1.50 bits per heavy atom. The molecule has 1 heterocycles. The van der Waals surface area contributed by atoms with Crippen LogP contribution in [0.4, 0.5) is 0 Å². The third-order valence-corrected chi connectivity index (χ3v) is 2.70. The highest BCUT2D eigenvalue weighted by atomic mass is 16.4. The first kappa shape index (κ1) is 14.2. The lowest BCUT2D eigenvalue weighted by Gasteiger charge is -2.19. The minimum absolute atomic E-state index is 0.0785. The number of aryl methyl sites for hydroxylation is 2. The summed E-state index contributed by atoms with van der Waals surface area (Å²) in [6, 6.07) is 1.69. The zero-order valence-corrected chi connectivity index (χ0v) is 11.1. The van der Waals surface area contributed by atoms with E-state index in [1.807, 2.05) is 13.8 Å². The van der Waals surface area contributed by atoms with Crippen LogP contribution in [0.1, 0.15) is 37.0 Å². The van der Waals surface area contributed by atoms with Gasteiger partial charge in [0.15, 0.2) is 0 Å². The van der Waals surface area contributed by atoms with Gasteiger partial charge in [0, 0.05) is 13.1 Å². The number of aliphatic carboxylic acids is 1. The van der Waals surface area contributed by atoms with Crippen molar-refractivity contribution in [3.05, 3.63) is 17.5 Å². The molecule has 18 heavy (non-hydrogen) atoms. The van der Waals surface area contributed by atoms with Gasteiger partial charge >= 0.3 is 5.97 Å². The highest BCUT2D eigenvalue weighted by Crippen LogP contribution is 2.13. The predicted molar refractivity (Wildman–Crippen MR) is 66.4 cm³/mol. The Labute approximate surface area is 106 Å². The van der Waals surface area contributed by atoms with Crippen LogP contribution in [0.2, 0.25) is 0 Å². The fourth-order valence-corrected chi connectivity index (χ4v) is 1.44. The number of hydrogen-bond acceptors (Lipinski definition) is 3. The van der Waals surface area contributed by atoms with Gasteiger partial charge in [0.2, 0.25) is 0 Å². The summed E-state index contributed by atoms with van der Waals surface area (Å²) in [5, 5.41) is 15.8. The lowest BCUT2D eigenvalue weighted by atomic mass is 9.94. The van der Waals surface area contributed by atoms with E-state index in [9.17, 15) is 9.59 Å².